The van der Waals surface area contributed by atoms with Crippen LogP contribution in [-0.2, 0) is 4.79 Å². The summed E-state index contributed by atoms with van der Waals surface area (Å²) in [5.41, 5.74) is 0.432. The fraction of sp³-hybridized carbons (Fsp3) is 0.143. The van der Waals surface area contributed by atoms with E-state index in [0.717, 1.165) is 6.07 Å². The third-order valence-electron chi connectivity index (χ3n) is 1.13. The van der Waals surface area contributed by atoms with E-state index in [1.54, 1.807) is 0 Å². The number of amides is 1. The highest BCUT2D eigenvalue weighted by Gasteiger charge is 1.99. The molecule has 0 unspecified atom stereocenters. The van der Waals surface area contributed by atoms with Crippen LogP contribution in [0.1, 0.15) is 0 Å². The predicted octanol–water partition coefficient (Wildman–Crippen LogP) is 1.40. The maximum Gasteiger partial charge on any atom is 0.239 e. The Morgan fingerprint density at radius 3 is 2.92 bits per heavy atom. The number of pyridine rings is 1. The lowest BCUT2D eigenvalue weighted by atomic mass is 10.4. The first-order valence-corrected chi connectivity index (χ1v) is 3.73. The number of nitrogens with one attached hydrogen (secondary N) is 1. The van der Waals surface area contributed by atoms with Gasteiger partial charge in [0.1, 0.15) is 5.88 Å². The first-order chi connectivity index (χ1) is 5.72. The van der Waals surface area contributed by atoms with E-state index in [1.807, 2.05) is 0 Å². The Hall–Kier alpha value is -1.16. The molecule has 0 aliphatic heterocycles. The predicted molar refractivity (Wildman–Crippen MR) is 43.5 cm³/mol. The summed E-state index contributed by atoms with van der Waals surface area (Å²) in [6.07, 6.45) is 1.22. The average molecular weight is 189 g/mol. The van der Waals surface area contributed by atoms with Crippen molar-refractivity contribution in [1.29, 1.82) is 0 Å². The van der Waals surface area contributed by atoms with Gasteiger partial charge in [0.2, 0.25) is 11.9 Å². The molecule has 0 aromatic carbocycles. The zero-order valence-electron chi connectivity index (χ0n) is 6.05. The minimum atomic E-state index is -0.584. The van der Waals surface area contributed by atoms with E-state index in [-0.39, 0.29) is 11.8 Å². The van der Waals surface area contributed by atoms with Crippen LogP contribution in [-0.4, -0.2) is 16.8 Å². The number of aromatic nitrogens is 1. The van der Waals surface area contributed by atoms with Crippen molar-refractivity contribution in [3.8, 4) is 0 Å². The Labute approximate surface area is 73.6 Å². The van der Waals surface area contributed by atoms with Crippen molar-refractivity contribution >= 4 is 23.2 Å². The molecule has 1 heterocycles. The zero-order chi connectivity index (χ0) is 8.97. The number of anilines is 1. The molecule has 0 aliphatic carbocycles. The van der Waals surface area contributed by atoms with Crippen molar-refractivity contribution in [3.05, 3.63) is 24.3 Å². The molecule has 1 N–H and O–H groups in total. The van der Waals surface area contributed by atoms with Gasteiger partial charge in [-0.1, -0.05) is 0 Å². The Kier molecular flexibility index (Phi) is 2.99. The van der Waals surface area contributed by atoms with Crippen molar-refractivity contribution in [2.45, 2.75) is 0 Å². The maximum absolute atomic E-state index is 12.3. The summed E-state index contributed by atoms with van der Waals surface area (Å²) in [5, 5.41) is 2.42. The number of carbonyl (C=O) groups excluding carboxylic acids is 1. The fourth-order valence-corrected chi connectivity index (χ4v) is 0.711. The molecule has 0 spiro atoms. The van der Waals surface area contributed by atoms with Crippen molar-refractivity contribution in [2.75, 3.05) is 11.2 Å². The SMILES string of the molecule is O=C(CCl)Nc1ccc(F)nc1. The van der Waals surface area contributed by atoms with Gasteiger partial charge in [0, 0.05) is 0 Å². The van der Waals surface area contributed by atoms with Crippen molar-refractivity contribution in [1.82, 2.24) is 4.98 Å². The molecule has 1 aromatic rings. The third kappa shape index (κ3) is 2.47. The smallest absolute Gasteiger partial charge is 0.239 e. The Balaban J connectivity index is 2.64. The fourth-order valence-electron chi connectivity index (χ4n) is 0.644. The highest BCUT2D eigenvalue weighted by molar-refractivity contribution is 6.29. The Morgan fingerprint density at radius 1 is 1.67 bits per heavy atom. The summed E-state index contributed by atoms with van der Waals surface area (Å²) in [4.78, 5) is 14.0. The van der Waals surface area contributed by atoms with Crippen LogP contribution in [0.15, 0.2) is 18.3 Å². The molecule has 0 saturated carbocycles. The molecule has 3 nitrogen and oxygen atoms in total. The first kappa shape index (κ1) is 8.93. The third-order valence-corrected chi connectivity index (χ3v) is 1.38. The van der Waals surface area contributed by atoms with Gasteiger partial charge in [-0.2, -0.15) is 4.39 Å². The van der Waals surface area contributed by atoms with Gasteiger partial charge in [0.05, 0.1) is 11.9 Å². The summed E-state index contributed by atoms with van der Waals surface area (Å²) in [7, 11) is 0. The quantitative estimate of drug-likeness (QED) is 0.563. The molecule has 0 aliphatic rings. The molecule has 0 saturated heterocycles. The van der Waals surface area contributed by atoms with Crippen LogP contribution < -0.4 is 5.32 Å². The van der Waals surface area contributed by atoms with Gasteiger partial charge in [-0.05, 0) is 12.1 Å². The summed E-state index contributed by atoms with van der Waals surface area (Å²) < 4.78 is 12.3. The number of rotatable bonds is 2. The second kappa shape index (κ2) is 4.01. The molecular formula is C7H6ClFN2O. The van der Waals surface area contributed by atoms with Crippen LogP contribution in [0.5, 0.6) is 0 Å². The maximum atomic E-state index is 12.3. The number of halogens is 2. The monoisotopic (exact) mass is 188 g/mol. The molecule has 0 bridgehead atoms. The van der Waals surface area contributed by atoms with E-state index >= 15 is 0 Å². The molecule has 1 rings (SSSR count). The molecule has 0 atom stereocenters. The van der Waals surface area contributed by atoms with Gasteiger partial charge in [0.15, 0.2) is 0 Å². The van der Waals surface area contributed by atoms with Gasteiger partial charge in [0.25, 0.3) is 0 Å². The lowest BCUT2D eigenvalue weighted by molar-refractivity contribution is -0.113. The van der Waals surface area contributed by atoms with Gasteiger partial charge in [-0.25, -0.2) is 4.98 Å². The van der Waals surface area contributed by atoms with Crippen molar-refractivity contribution in [2.24, 2.45) is 0 Å². The topological polar surface area (TPSA) is 42.0 Å². The summed E-state index contributed by atoms with van der Waals surface area (Å²) in [5.74, 6) is -1.05. The minimum Gasteiger partial charge on any atom is -0.324 e. The van der Waals surface area contributed by atoms with E-state index in [1.165, 1.54) is 12.3 Å². The minimum absolute atomic E-state index is 0.128. The summed E-state index contributed by atoms with van der Waals surface area (Å²) >= 11 is 5.23. The first-order valence-electron chi connectivity index (χ1n) is 3.20. The van der Waals surface area contributed by atoms with Gasteiger partial charge < -0.3 is 5.32 Å². The van der Waals surface area contributed by atoms with E-state index in [0.29, 0.717) is 5.69 Å². The number of alkyl halides is 1. The molecule has 0 fully saturated rings. The largest absolute Gasteiger partial charge is 0.324 e. The second-order valence-electron chi connectivity index (χ2n) is 2.05. The molecule has 64 valence electrons. The van der Waals surface area contributed by atoms with Crippen LogP contribution in [0.3, 0.4) is 0 Å². The van der Waals surface area contributed by atoms with Crippen LogP contribution in [0.2, 0.25) is 0 Å². The normalized spacial score (nSPS) is 9.50. The molecule has 1 amide bonds. The average Bonchev–Trinajstić information content (AvgIpc) is 2.09. The summed E-state index contributed by atoms with van der Waals surface area (Å²) in [6.45, 7) is 0. The number of hydrogen-bond donors (Lipinski definition) is 1. The van der Waals surface area contributed by atoms with Crippen LogP contribution in [0, 0.1) is 5.95 Å². The molecular weight excluding hydrogens is 183 g/mol. The van der Waals surface area contributed by atoms with Gasteiger partial charge in [-0.3, -0.25) is 4.79 Å². The van der Waals surface area contributed by atoms with Crippen molar-refractivity contribution < 1.29 is 9.18 Å². The number of hydrogen-bond acceptors (Lipinski definition) is 2. The van der Waals surface area contributed by atoms with Crippen LogP contribution in [0.25, 0.3) is 0 Å². The highest BCUT2D eigenvalue weighted by atomic mass is 35.5. The van der Waals surface area contributed by atoms with Crippen LogP contribution in [0.4, 0.5) is 10.1 Å². The highest BCUT2D eigenvalue weighted by Crippen LogP contribution is 2.04. The lowest BCUT2D eigenvalue weighted by Gasteiger charge is -2.00. The molecule has 5 heteroatoms. The Bertz CT molecular complexity index is 275. The number of nitrogens with zero attached hydrogens (tertiary/aromatic N) is 1. The van der Waals surface area contributed by atoms with E-state index < -0.39 is 5.95 Å². The summed E-state index contributed by atoms with van der Waals surface area (Å²) in [6, 6.07) is 2.57. The van der Waals surface area contributed by atoms with E-state index in [4.69, 9.17) is 11.6 Å². The molecule has 1 aromatic heterocycles. The standard InChI is InChI=1S/C7H6ClFN2O/c8-3-7(12)11-5-1-2-6(9)10-4-5/h1-2,4H,3H2,(H,11,12). The number of carbonyl (C=O) groups is 1. The molecule has 12 heavy (non-hydrogen) atoms. The zero-order valence-corrected chi connectivity index (χ0v) is 6.81. The van der Waals surface area contributed by atoms with E-state index in [2.05, 4.69) is 10.3 Å². The van der Waals surface area contributed by atoms with Gasteiger partial charge >= 0.3 is 0 Å². The van der Waals surface area contributed by atoms with Crippen molar-refractivity contribution in [3.63, 3.8) is 0 Å². The van der Waals surface area contributed by atoms with E-state index in [9.17, 15) is 9.18 Å². The molecule has 0 radical (unpaired) electrons. The second-order valence-corrected chi connectivity index (χ2v) is 2.32. The lowest BCUT2D eigenvalue weighted by Crippen LogP contribution is -2.12. The van der Waals surface area contributed by atoms with Gasteiger partial charge in [-0.15, -0.1) is 11.6 Å². The van der Waals surface area contributed by atoms with Crippen LogP contribution >= 0.6 is 11.6 Å². The Morgan fingerprint density at radius 2 is 2.42 bits per heavy atom.